The highest BCUT2D eigenvalue weighted by Crippen LogP contribution is 2.18. The van der Waals surface area contributed by atoms with Crippen LogP contribution in [0.2, 0.25) is 0 Å². The maximum Gasteiger partial charge on any atom is 0.100 e. The van der Waals surface area contributed by atoms with E-state index in [1.165, 1.54) is 70.8 Å². The highest BCUT2D eigenvalue weighted by Gasteiger charge is 2.20. The molecule has 2 nitrogen and oxygen atoms in total. The minimum Gasteiger partial charge on any atom is -0.359 e. The summed E-state index contributed by atoms with van der Waals surface area (Å²) in [6, 6.07) is 0. The van der Waals surface area contributed by atoms with Gasteiger partial charge in [0, 0.05) is 26.0 Å². The van der Waals surface area contributed by atoms with Crippen LogP contribution in [0.25, 0.3) is 0 Å². The average molecular weight is 266 g/mol. The summed E-state index contributed by atoms with van der Waals surface area (Å²) in [4.78, 5) is 4.83. The Bertz CT molecular complexity index is 237. The first-order chi connectivity index (χ1) is 9.29. The molecule has 0 aromatic rings. The van der Waals surface area contributed by atoms with Crippen LogP contribution in [0.5, 0.6) is 0 Å². The Hall–Kier alpha value is -0.660. The van der Waals surface area contributed by atoms with E-state index in [2.05, 4.69) is 43.1 Å². The van der Waals surface area contributed by atoms with Crippen molar-refractivity contribution in [1.82, 2.24) is 9.80 Å². The lowest BCUT2D eigenvalue weighted by atomic mass is 10.1. The van der Waals surface area contributed by atoms with Gasteiger partial charge in [0.05, 0.1) is 0 Å². The fourth-order valence-corrected chi connectivity index (χ4v) is 2.97. The van der Waals surface area contributed by atoms with E-state index >= 15 is 0 Å². The highest BCUT2D eigenvalue weighted by atomic mass is 15.4. The van der Waals surface area contributed by atoms with Crippen LogP contribution in [0.3, 0.4) is 0 Å². The zero-order valence-corrected chi connectivity index (χ0v) is 13.4. The minimum atomic E-state index is 0.606. The van der Waals surface area contributed by atoms with Crippen LogP contribution in [0, 0.1) is 0 Å². The molecule has 19 heavy (non-hydrogen) atoms. The summed E-state index contributed by atoms with van der Waals surface area (Å²) in [6.45, 7) is 5.79. The van der Waals surface area contributed by atoms with Gasteiger partial charge in [-0.05, 0) is 12.8 Å². The number of rotatable bonds is 11. The van der Waals surface area contributed by atoms with Crippen molar-refractivity contribution in [1.29, 1.82) is 0 Å². The normalized spacial score (nSPS) is 18.6. The van der Waals surface area contributed by atoms with Crippen molar-refractivity contribution in [3.63, 3.8) is 0 Å². The van der Waals surface area contributed by atoms with Gasteiger partial charge in [0.2, 0.25) is 0 Å². The standard InChI is InChI=1S/C17H34N2/c1-4-6-7-8-9-10-11-12-13-14-19-16-15-18(3)17(19)5-2/h15-17H,4-14H2,1-3H3. The van der Waals surface area contributed by atoms with Gasteiger partial charge in [-0.1, -0.05) is 65.2 Å². The lowest BCUT2D eigenvalue weighted by Crippen LogP contribution is -2.36. The third kappa shape index (κ3) is 6.35. The Kier molecular flexibility index (Phi) is 8.77. The smallest absolute Gasteiger partial charge is 0.100 e. The average Bonchev–Trinajstić information content (AvgIpc) is 2.77. The van der Waals surface area contributed by atoms with Gasteiger partial charge in [-0.3, -0.25) is 0 Å². The third-order valence-electron chi connectivity index (χ3n) is 4.23. The largest absolute Gasteiger partial charge is 0.359 e. The molecule has 0 bridgehead atoms. The third-order valence-corrected chi connectivity index (χ3v) is 4.23. The van der Waals surface area contributed by atoms with Crippen LogP contribution in [-0.2, 0) is 0 Å². The molecule has 1 atom stereocenters. The molecule has 1 unspecified atom stereocenters. The van der Waals surface area contributed by atoms with Crippen LogP contribution in [0.1, 0.15) is 78.1 Å². The van der Waals surface area contributed by atoms with Gasteiger partial charge in [0.1, 0.15) is 6.17 Å². The van der Waals surface area contributed by atoms with E-state index in [0.29, 0.717) is 6.17 Å². The molecule has 0 fully saturated rings. The minimum absolute atomic E-state index is 0.606. The second-order valence-corrected chi connectivity index (χ2v) is 5.92. The Labute approximate surface area is 120 Å². The van der Waals surface area contributed by atoms with Gasteiger partial charge >= 0.3 is 0 Å². The summed E-state index contributed by atoms with van der Waals surface area (Å²) >= 11 is 0. The monoisotopic (exact) mass is 266 g/mol. The molecule has 0 aromatic carbocycles. The van der Waals surface area contributed by atoms with E-state index in [4.69, 9.17) is 0 Å². The summed E-state index contributed by atoms with van der Waals surface area (Å²) in [6.07, 6.45) is 19.0. The Balaban J connectivity index is 1.92. The first-order valence-electron chi connectivity index (χ1n) is 8.45. The highest BCUT2D eigenvalue weighted by molar-refractivity contribution is 4.94. The van der Waals surface area contributed by atoms with Crippen LogP contribution in [0.4, 0.5) is 0 Å². The summed E-state index contributed by atoms with van der Waals surface area (Å²) in [5.74, 6) is 0. The fraction of sp³-hybridized carbons (Fsp3) is 0.882. The second-order valence-electron chi connectivity index (χ2n) is 5.92. The summed E-state index contributed by atoms with van der Waals surface area (Å²) < 4.78 is 0. The van der Waals surface area contributed by atoms with E-state index in [-0.39, 0.29) is 0 Å². The van der Waals surface area contributed by atoms with Crippen molar-refractivity contribution < 1.29 is 0 Å². The zero-order chi connectivity index (χ0) is 13.9. The lowest BCUT2D eigenvalue weighted by Gasteiger charge is -2.29. The Morgan fingerprint density at radius 2 is 1.37 bits per heavy atom. The molecule has 0 amide bonds. The molecule has 0 saturated carbocycles. The molecule has 2 heteroatoms. The topological polar surface area (TPSA) is 6.48 Å². The fourth-order valence-electron chi connectivity index (χ4n) is 2.97. The number of hydrogen-bond acceptors (Lipinski definition) is 2. The van der Waals surface area contributed by atoms with Gasteiger partial charge in [-0.2, -0.15) is 0 Å². The zero-order valence-electron chi connectivity index (χ0n) is 13.4. The molecule has 0 saturated heterocycles. The van der Waals surface area contributed by atoms with Gasteiger partial charge in [0.25, 0.3) is 0 Å². The van der Waals surface area contributed by atoms with Crippen molar-refractivity contribution in [2.75, 3.05) is 13.6 Å². The van der Waals surface area contributed by atoms with Crippen LogP contribution in [0.15, 0.2) is 12.4 Å². The van der Waals surface area contributed by atoms with Crippen molar-refractivity contribution in [3.05, 3.63) is 12.4 Å². The van der Waals surface area contributed by atoms with Crippen LogP contribution < -0.4 is 0 Å². The van der Waals surface area contributed by atoms with Crippen molar-refractivity contribution in [2.45, 2.75) is 84.2 Å². The molecule has 0 aromatic heterocycles. The van der Waals surface area contributed by atoms with E-state index in [1.807, 2.05) is 0 Å². The summed E-state index contributed by atoms with van der Waals surface area (Å²) in [5.41, 5.74) is 0. The quantitative estimate of drug-likeness (QED) is 0.487. The van der Waals surface area contributed by atoms with Gasteiger partial charge in [-0.25, -0.2) is 0 Å². The van der Waals surface area contributed by atoms with Crippen LogP contribution >= 0.6 is 0 Å². The van der Waals surface area contributed by atoms with Crippen LogP contribution in [-0.4, -0.2) is 29.6 Å². The maximum atomic E-state index is 2.50. The van der Waals surface area contributed by atoms with Gasteiger partial charge in [0.15, 0.2) is 0 Å². The van der Waals surface area contributed by atoms with E-state index < -0.39 is 0 Å². The first kappa shape index (κ1) is 16.4. The molecule has 1 aliphatic heterocycles. The van der Waals surface area contributed by atoms with E-state index in [0.717, 1.165) is 0 Å². The maximum absolute atomic E-state index is 2.50. The molecular weight excluding hydrogens is 232 g/mol. The van der Waals surface area contributed by atoms with E-state index in [9.17, 15) is 0 Å². The number of hydrogen-bond donors (Lipinski definition) is 0. The summed E-state index contributed by atoms with van der Waals surface area (Å²) in [5, 5.41) is 0. The number of unbranched alkanes of at least 4 members (excludes halogenated alkanes) is 8. The lowest BCUT2D eigenvalue weighted by molar-refractivity contribution is 0.168. The Morgan fingerprint density at radius 3 is 1.95 bits per heavy atom. The molecule has 0 spiro atoms. The van der Waals surface area contributed by atoms with E-state index in [1.54, 1.807) is 0 Å². The van der Waals surface area contributed by atoms with Crippen molar-refractivity contribution in [2.24, 2.45) is 0 Å². The summed E-state index contributed by atoms with van der Waals surface area (Å²) in [7, 11) is 2.18. The Morgan fingerprint density at radius 1 is 0.789 bits per heavy atom. The molecule has 1 heterocycles. The van der Waals surface area contributed by atoms with Gasteiger partial charge in [-0.15, -0.1) is 0 Å². The SMILES string of the molecule is CCCCCCCCCCCN1C=CN(C)C1CC. The van der Waals surface area contributed by atoms with Gasteiger partial charge < -0.3 is 9.80 Å². The molecular formula is C17H34N2. The number of nitrogens with zero attached hydrogens (tertiary/aromatic N) is 2. The van der Waals surface area contributed by atoms with Crippen molar-refractivity contribution in [3.8, 4) is 0 Å². The predicted octanol–water partition coefficient (Wildman–Crippen LogP) is 4.97. The molecule has 0 N–H and O–H groups in total. The molecule has 1 rings (SSSR count). The molecule has 0 radical (unpaired) electrons. The first-order valence-corrected chi connectivity index (χ1v) is 8.45. The van der Waals surface area contributed by atoms with Crippen molar-refractivity contribution >= 4 is 0 Å². The molecule has 0 aliphatic carbocycles. The predicted molar refractivity (Wildman–Crippen MR) is 84.9 cm³/mol. The molecule has 112 valence electrons. The molecule has 1 aliphatic rings. The second kappa shape index (κ2) is 10.2.